The van der Waals surface area contributed by atoms with Crippen molar-refractivity contribution in [2.24, 2.45) is 11.1 Å². The lowest BCUT2D eigenvalue weighted by molar-refractivity contribution is 0.155. The third-order valence-electron chi connectivity index (χ3n) is 4.32. The number of piperidine rings is 1. The van der Waals surface area contributed by atoms with E-state index in [9.17, 15) is 16.8 Å². The van der Waals surface area contributed by atoms with E-state index >= 15 is 0 Å². The van der Waals surface area contributed by atoms with Crippen LogP contribution in [0, 0.1) is 5.41 Å². The average Bonchev–Trinajstić information content (AvgIpc) is 2.50. The zero-order chi connectivity index (χ0) is 17.5. The lowest BCUT2D eigenvalue weighted by atomic mass is 9.81. The van der Waals surface area contributed by atoms with Crippen LogP contribution in [0.1, 0.15) is 20.3 Å². The summed E-state index contributed by atoms with van der Waals surface area (Å²) in [5.74, 6) is 0. The van der Waals surface area contributed by atoms with Crippen LogP contribution in [0.3, 0.4) is 0 Å². The van der Waals surface area contributed by atoms with Gasteiger partial charge in [0.1, 0.15) is 0 Å². The lowest BCUT2D eigenvalue weighted by Gasteiger charge is -2.41. The zero-order valence-electron chi connectivity index (χ0n) is 13.9. The summed E-state index contributed by atoms with van der Waals surface area (Å²) < 4.78 is 52.5. The van der Waals surface area contributed by atoms with Crippen molar-refractivity contribution in [3.63, 3.8) is 0 Å². The molecule has 0 aromatic heterocycles. The summed E-state index contributed by atoms with van der Waals surface area (Å²) in [6.45, 7) is 4.60. The molecule has 3 N–H and O–H groups in total. The Bertz CT molecular complexity index is 777. The molecule has 0 bridgehead atoms. The molecule has 1 atom stereocenters. The van der Waals surface area contributed by atoms with Crippen LogP contribution < -0.4 is 10.5 Å². The monoisotopic (exact) mass is 397 g/mol. The smallest absolute Gasteiger partial charge is 0.243 e. The van der Waals surface area contributed by atoms with Gasteiger partial charge in [0, 0.05) is 19.1 Å². The molecule has 7 nitrogen and oxygen atoms in total. The number of sulfonamides is 2. The summed E-state index contributed by atoms with van der Waals surface area (Å²) in [5.41, 5.74) is 5.74. The molecule has 0 aliphatic carbocycles. The third-order valence-corrected chi connectivity index (χ3v) is 7.61. The van der Waals surface area contributed by atoms with Crippen LogP contribution >= 0.6 is 12.4 Å². The number of halogens is 1. The standard InChI is InChI=1S/C14H23N3O4S2.ClH/c1-14(2)10-17(9-8-13(14)15)23(20,21)12-6-4-11(5-7-12)22(18,19)16-3;/h4-7,13,16H,8-10,15H2,1-3H3;1H. The van der Waals surface area contributed by atoms with E-state index in [0.29, 0.717) is 19.5 Å². The first-order chi connectivity index (χ1) is 10.5. The predicted octanol–water partition coefficient (Wildman–Crippen LogP) is 0.764. The van der Waals surface area contributed by atoms with Crippen LogP contribution in [0.4, 0.5) is 0 Å². The molecule has 1 aromatic rings. The number of rotatable bonds is 4. The zero-order valence-corrected chi connectivity index (χ0v) is 16.3. The second-order valence-electron chi connectivity index (χ2n) is 6.40. The molecule has 2 rings (SSSR count). The van der Waals surface area contributed by atoms with Gasteiger partial charge >= 0.3 is 0 Å². The average molecular weight is 398 g/mol. The molecular formula is C14H24ClN3O4S2. The Morgan fingerprint density at radius 2 is 1.62 bits per heavy atom. The van der Waals surface area contributed by atoms with Crippen LogP contribution in [0.5, 0.6) is 0 Å². The van der Waals surface area contributed by atoms with Gasteiger partial charge in [0.2, 0.25) is 20.0 Å². The number of hydrogen-bond acceptors (Lipinski definition) is 5. The van der Waals surface area contributed by atoms with Gasteiger partial charge in [0.15, 0.2) is 0 Å². The Morgan fingerprint density at radius 1 is 1.12 bits per heavy atom. The van der Waals surface area contributed by atoms with Crippen molar-refractivity contribution in [3.8, 4) is 0 Å². The van der Waals surface area contributed by atoms with Gasteiger partial charge in [0.05, 0.1) is 9.79 Å². The number of nitrogens with zero attached hydrogens (tertiary/aromatic N) is 1. The molecule has 0 amide bonds. The Labute approximate surface area is 150 Å². The molecule has 1 fully saturated rings. The maximum atomic E-state index is 12.7. The van der Waals surface area contributed by atoms with Crippen LogP contribution in [0.2, 0.25) is 0 Å². The van der Waals surface area contributed by atoms with E-state index in [1.165, 1.54) is 35.6 Å². The summed E-state index contributed by atoms with van der Waals surface area (Å²) in [4.78, 5) is 0.110. The Balaban J connectivity index is 0.00000288. The van der Waals surface area contributed by atoms with Gasteiger partial charge in [-0.3, -0.25) is 0 Å². The van der Waals surface area contributed by atoms with Crippen LogP contribution in [0.15, 0.2) is 34.1 Å². The number of benzene rings is 1. The van der Waals surface area contributed by atoms with Crippen molar-refractivity contribution in [1.29, 1.82) is 0 Å². The fourth-order valence-electron chi connectivity index (χ4n) is 2.59. The summed E-state index contributed by atoms with van der Waals surface area (Å²) >= 11 is 0. The molecule has 1 unspecified atom stereocenters. The minimum atomic E-state index is -3.66. The number of nitrogens with two attached hydrogens (primary N) is 1. The molecule has 0 spiro atoms. The first-order valence-corrected chi connectivity index (χ1v) is 10.2. The normalized spacial score (nSPS) is 21.9. The predicted molar refractivity (Wildman–Crippen MR) is 95.1 cm³/mol. The molecule has 0 saturated carbocycles. The minimum absolute atomic E-state index is 0. The molecular weight excluding hydrogens is 374 g/mol. The molecule has 10 heteroatoms. The Morgan fingerprint density at radius 3 is 2.08 bits per heavy atom. The first kappa shape index (κ1) is 21.3. The van der Waals surface area contributed by atoms with Gasteiger partial charge < -0.3 is 5.73 Å². The van der Waals surface area contributed by atoms with Crippen molar-refractivity contribution in [2.45, 2.75) is 36.1 Å². The topological polar surface area (TPSA) is 110 Å². The van der Waals surface area contributed by atoms with Gasteiger partial charge in [-0.2, -0.15) is 4.31 Å². The highest BCUT2D eigenvalue weighted by molar-refractivity contribution is 7.89. The van der Waals surface area contributed by atoms with E-state index in [-0.39, 0.29) is 33.7 Å². The Hall–Kier alpha value is -0.710. The molecule has 0 radical (unpaired) electrons. The van der Waals surface area contributed by atoms with E-state index < -0.39 is 20.0 Å². The minimum Gasteiger partial charge on any atom is -0.327 e. The van der Waals surface area contributed by atoms with E-state index in [1.807, 2.05) is 13.8 Å². The summed E-state index contributed by atoms with van der Waals surface area (Å²) in [6, 6.07) is 5.18. The van der Waals surface area contributed by atoms with Gasteiger partial charge in [-0.15, -0.1) is 12.4 Å². The van der Waals surface area contributed by atoms with Gasteiger partial charge in [-0.25, -0.2) is 21.6 Å². The van der Waals surface area contributed by atoms with Gasteiger partial charge in [0.25, 0.3) is 0 Å². The molecule has 24 heavy (non-hydrogen) atoms. The van der Waals surface area contributed by atoms with E-state index in [0.717, 1.165) is 0 Å². The maximum Gasteiger partial charge on any atom is 0.243 e. The van der Waals surface area contributed by atoms with E-state index in [2.05, 4.69) is 4.72 Å². The largest absolute Gasteiger partial charge is 0.327 e. The quantitative estimate of drug-likeness (QED) is 0.779. The first-order valence-electron chi connectivity index (χ1n) is 7.30. The van der Waals surface area contributed by atoms with E-state index in [1.54, 1.807) is 0 Å². The van der Waals surface area contributed by atoms with Crippen molar-refractivity contribution < 1.29 is 16.8 Å². The third kappa shape index (κ3) is 4.09. The molecule has 1 aliphatic rings. The van der Waals surface area contributed by atoms with Crippen LogP contribution in [-0.2, 0) is 20.0 Å². The highest BCUT2D eigenvalue weighted by Gasteiger charge is 2.38. The van der Waals surface area contributed by atoms with Crippen molar-refractivity contribution in [1.82, 2.24) is 9.03 Å². The van der Waals surface area contributed by atoms with E-state index in [4.69, 9.17) is 5.73 Å². The summed E-state index contributed by atoms with van der Waals surface area (Å²) in [5, 5.41) is 0. The molecule has 1 aromatic carbocycles. The maximum absolute atomic E-state index is 12.7. The SMILES string of the molecule is CNS(=O)(=O)c1ccc(S(=O)(=O)N2CCC(N)C(C)(C)C2)cc1.Cl. The van der Waals surface area contributed by atoms with Gasteiger partial charge in [-0.05, 0) is 43.1 Å². The van der Waals surface area contributed by atoms with Crippen molar-refractivity contribution in [2.75, 3.05) is 20.1 Å². The lowest BCUT2D eigenvalue weighted by Crippen LogP contribution is -2.53. The molecule has 1 heterocycles. The van der Waals surface area contributed by atoms with Crippen molar-refractivity contribution >= 4 is 32.5 Å². The Kier molecular flexibility index (Phi) is 6.46. The van der Waals surface area contributed by atoms with Crippen molar-refractivity contribution in [3.05, 3.63) is 24.3 Å². The van der Waals surface area contributed by atoms with Gasteiger partial charge in [-0.1, -0.05) is 13.8 Å². The second kappa shape index (κ2) is 7.27. The summed E-state index contributed by atoms with van der Waals surface area (Å²) in [7, 11) is -5.94. The molecule has 1 aliphatic heterocycles. The summed E-state index contributed by atoms with van der Waals surface area (Å²) in [6.07, 6.45) is 0.596. The fraction of sp³-hybridized carbons (Fsp3) is 0.571. The molecule has 1 saturated heterocycles. The van der Waals surface area contributed by atoms with Crippen LogP contribution in [-0.4, -0.2) is 47.3 Å². The number of hydrogen-bond donors (Lipinski definition) is 2. The fourth-order valence-corrected chi connectivity index (χ4v) is 4.94. The second-order valence-corrected chi connectivity index (χ2v) is 10.2. The highest BCUT2D eigenvalue weighted by atomic mass is 35.5. The van der Waals surface area contributed by atoms with Crippen LogP contribution in [0.25, 0.3) is 0 Å². The number of nitrogens with one attached hydrogen (secondary N) is 1. The highest BCUT2D eigenvalue weighted by Crippen LogP contribution is 2.31. The molecule has 138 valence electrons.